The number of aryl methyl sites for hydroxylation is 1. The van der Waals surface area contributed by atoms with Crippen LogP contribution in [0.15, 0.2) is 53.3 Å². The molecule has 0 aliphatic heterocycles. The molecule has 5 heteroatoms. The molecule has 1 heterocycles. The number of carbonyl (C=O) groups is 1. The molecule has 0 bridgehead atoms. The summed E-state index contributed by atoms with van der Waals surface area (Å²) in [5, 5.41) is 4.39. The van der Waals surface area contributed by atoms with Gasteiger partial charge in [-0.05, 0) is 49.6 Å². The number of aromatic nitrogens is 1. The Morgan fingerprint density at radius 3 is 2.45 bits per heavy atom. The first-order valence-corrected chi connectivity index (χ1v) is 10.7. The van der Waals surface area contributed by atoms with E-state index in [1.165, 1.54) is 6.42 Å². The maximum atomic E-state index is 13.5. The monoisotopic (exact) mass is 408 g/mol. The van der Waals surface area contributed by atoms with Crippen LogP contribution < -0.4 is 10.7 Å². The van der Waals surface area contributed by atoms with Gasteiger partial charge < -0.3 is 9.88 Å². The van der Waals surface area contributed by atoms with Gasteiger partial charge in [-0.2, -0.15) is 0 Å². The second-order valence-electron chi connectivity index (χ2n) is 7.65. The number of hydrogen-bond acceptors (Lipinski definition) is 2. The van der Waals surface area contributed by atoms with E-state index in [1.54, 1.807) is 12.1 Å². The molecule has 1 saturated carbocycles. The van der Waals surface area contributed by atoms with E-state index in [9.17, 15) is 9.59 Å². The Kier molecular flexibility index (Phi) is 5.72. The standard InChI is InChI=1S/C24H25ClN2O2/c1-2-27-20-11-7-6-10-19(20)22(28)21(16-12-14-18(25)15-13-16)23(27)26-24(29)17-8-4-3-5-9-17/h6-7,10-15,17H,2-5,8-9H2,1H3,(H,26,29). The van der Waals surface area contributed by atoms with Crippen molar-refractivity contribution in [3.8, 4) is 11.1 Å². The van der Waals surface area contributed by atoms with Crippen LogP contribution in [0.25, 0.3) is 22.0 Å². The number of benzene rings is 2. The lowest BCUT2D eigenvalue weighted by atomic mass is 9.88. The van der Waals surface area contributed by atoms with Gasteiger partial charge >= 0.3 is 0 Å². The van der Waals surface area contributed by atoms with Gasteiger partial charge in [-0.3, -0.25) is 9.59 Å². The number of rotatable bonds is 4. The molecule has 0 unspecified atom stereocenters. The molecule has 4 nitrogen and oxygen atoms in total. The van der Waals surface area contributed by atoms with Crippen molar-refractivity contribution < 1.29 is 4.79 Å². The normalized spacial score (nSPS) is 14.8. The maximum absolute atomic E-state index is 13.5. The number of nitrogens with zero attached hydrogens (tertiary/aromatic N) is 1. The van der Waals surface area contributed by atoms with Gasteiger partial charge in [-0.1, -0.05) is 55.1 Å². The number of pyridine rings is 1. The Labute approximate surface area is 175 Å². The van der Waals surface area contributed by atoms with Crippen LogP contribution in [0.3, 0.4) is 0 Å². The lowest BCUT2D eigenvalue weighted by Crippen LogP contribution is -2.28. The highest BCUT2D eigenvalue weighted by Crippen LogP contribution is 2.32. The van der Waals surface area contributed by atoms with Crippen LogP contribution in [0.1, 0.15) is 39.0 Å². The van der Waals surface area contributed by atoms with Gasteiger partial charge in [0.2, 0.25) is 5.91 Å². The molecule has 2 aromatic carbocycles. The van der Waals surface area contributed by atoms with Crippen LogP contribution >= 0.6 is 11.6 Å². The van der Waals surface area contributed by atoms with Crippen molar-refractivity contribution in [1.29, 1.82) is 0 Å². The molecule has 29 heavy (non-hydrogen) atoms. The molecule has 4 rings (SSSR count). The topological polar surface area (TPSA) is 51.1 Å². The number of hydrogen-bond donors (Lipinski definition) is 1. The van der Waals surface area contributed by atoms with E-state index in [1.807, 2.05) is 47.9 Å². The fourth-order valence-electron chi connectivity index (χ4n) is 4.32. The molecule has 1 aromatic heterocycles. The van der Waals surface area contributed by atoms with Crippen LogP contribution in [-0.2, 0) is 11.3 Å². The van der Waals surface area contributed by atoms with E-state index in [-0.39, 0.29) is 17.3 Å². The quantitative estimate of drug-likeness (QED) is 0.587. The highest BCUT2D eigenvalue weighted by Gasteiger charge is 2.25. The molecule has 0 radical (unpaired) electrons. The molecule has 1 N–H and O–H groups in total. The lowest BCUT2D eigenvalue weighted by Gasteiger charge is -2.24. The molecule has 1 aliphatic carbocycles. The first kappa shape index (κ1) is 19.7. The van der Waals surface area contributed by atoms with E-state index in [4.69, 9.17) is 11.6 Å². The van der Waals surface area contributed by atoms with Crippen molar-refractivity contribution in [3.63, 3.8) is 0 Å². The summed E-state index contributed by atoms with van der Waals surface area (Å²) < 4.78 is 2.03. The van der Waals surface area contributed by atoms with Crippen molar-refractivity contribution in [2.45, 2.75) is 45.6 Å². The average molecular weight is 409 g/mol. The Morgan fingerprint density at radius 2 is 1.76 bits per heavy atom. The predicted octanol–water partition coefficient (Wildman–Crippen LogP) is 5.86. The molecule has 1 amide bonds. The highest BCUT2D eigenvalue weighted by molar-refractivity contribution is 6.30. The molecule has 150 valence electrons. The average Bonchev–Trinajstić information content (AvgIpc) is 2.76. The second kappa shape index (κ2) is 8.42. The summed E-state index contributed by atoms with van der Waals surface area (Å²) in [5.41, 5.74) is 2.03. The van der Waals surface area contributed by atoms with E-state index in [0.29, 0.717) is 28.3 Å². The molecular weight excluding hydrogens is 384 g/mol. The summed E-state index contributed by atoms with van der Waals surface area (Å²) in [4.78, 5) is 26.5. The van der Waals surface area contributed by atoms with Crippen molar-refractivity contribution in [1.82, 2.24) is 4.57 Å². The van der Waals surface area contributed by atoms with Crippen molar-refractivity contribution in [2.24, 2.45) is 5.92 Å². The van der Waals surface area contributed by atoms with Crippen molar-refractivity contribution in [2.75, 3.05) is 5.32 Å². The SMILES string of the molecule is CCn1c(NC(=O)C2CCCCC2)c(-c2ccc(Cl)cc2)c(=O)c2ccccc21. The zero-order chi connectivity index (χ0) is 20.4. The number of anilines is 1. The third kappa shape index (κ3) is 3.82. The van der Waals surface area contributed by atoms with E-state index in [0.717, 1.165) is 36.8 Å². The fraction of sp³-hybridized carbons (Fsp3) is 0.333. The van der Waals surface area contributed by atoms with Crippen LogP contribution in [-0.4, -0.2) is 10.5 Å². The van der Waals surface area contributed by atoms with Gasteiger partial charge in [-0.25, -0.2) is 0 Å². The van der Waals surface area contributed by atoms with E-state index < -0.39 is 0 Å². The number of para-hydroxylation sites is 1. The molecule has 0 saturated heterocycles. The molecule has 0 atom stereocenters. The van der Waals surface area contributed by atoms with Gasteiger partial charge in [0.15, 0.2) is 5.43 Å². The van der Waals surface area contributed by atoms with Gasteiger partial charge in [0.25, 0.3) is 0 Å². The Morgan fingerprint density at radius 1 is 1.07 bits per heavy atom. The zero-order valence-electron chi connectivity index (χ0n) is 16.6. The summed E-state index contributed by atoms with van der Waals surface area (Å²) in [7, 11) is 0. The summed E-state index contributed by atoms with van der Waals surface area (Å²) in [5.74, 6) is 0.597. The van der Waals surface area contributed by atoms with Gasteiger partial charge in [-0.15, -0.1) is 0 Å². The van der Waals surface area contributed by atoms with Gasteiger partial charge in [0.05, 0.1) is 11.1 Å². The number of halogens is 1. The van der Waals surface area contributed by atoms with Gasteiger partial charge in [0.1, 0.15) is 5.82 Å². The minimum absolute atomic E-state index is 0.00805. The first-order chi connectivity index (χ1) is 14.1. The first-order valence-electron chi connectivity index (χ1n) is 10.3. The predicted molar refractivity (Wildman–Crippen MR) is 120 cm³/mol. The zero-order valence-corrected chi connectivity index (χ0v) is 17.3. The molecule has 3 aromatic rings. The summed E-state index contributed by atoms with van der Waals surface area (Å²) >= 11 is 6.07. The number of fused-ring (bicyclic) bond motifs is 1. The van der Waals surface area contributed by atoms with E-state index >= 15 is 0 Å². The molecule has 1 fully saturated rings. The smallest absolute Gasteiger partial charge is 0.228 e. The fourth-order valence-corrected chi connectivity index (χ4v) is 4.45. The largest absolute Gasteiger partial charge is 0.327 e. The Hall–Kier alpha value is -2.59. The minimum Gasteiger partial charge on any atom is -0.327 e. The summed E-state index contributed by atoms with van der Waals surface area (Å²) in [6, 6.07) is 14.8. The van der Waals surface area contributed by atoms with Crippen molar-refractivity contribution >= 4 is 34.2 Å². The molecule has 0 spiro atoms. The number of carbonyl (C=O) groups excluding carboxylic acids is 1. The second-order valence-corrected chi connectivity index (χ2v) is 8.08. The van der Waals surface area contributed by atoms with Crippen molar-refractivity contribution in [3.05, 3.63) is 63.8 Å². The minimum atomic E-state index is -0.0773. The summed E-state index contributed by atoms with van der Waals surface area (Å²) in [6.07, 6.45) is 5.18. The van der Waals surface area contributed by atoms with Gasteiger partial charge in [0, 0.05) is 22.9 Å². The number of amides is 1. The van der Waals surface area contributed by atoms with Crippen LogP contribution in [0, 0.1) is 5.92 Å². The van der Waals surface area contributed by atoms with Crippen LogP contribution in [0.5, 0.6) is 0 Å². The van der Waals surface area contributed by atoms with E-state index in [2.05, 4.69) is 5.32 Å². The lowest BCUT2D eigenvalue weighted by molar-refractivity contribution is -0.120. The van der Waals surface area contributed by atoms with Crippen LogP contribution in [0.2, 0.25) is 5.02 Å². The third-order valence-electron chi connectivity index (χ3n) is 5.84. The maximum Gasteiger partial charge on any atom is 0.228 e. The van der Waals surface area contributed by atoms with Crippen LogP contribution in [0.4, 0.5) is 5.82 Å². The highest BCUT2D eigenvalue weighted by atomic mass is 35.5. The number of nitrogens with one attached hydrogen (secondary N) is 1. The molecular formula is C24H25ClN2O2. The Balaban J connectivity index is 1.92. The molecule has 1 aliphatic rings. The Bertz CT molecular complexity index is 1100. The third-order valence-corrected chi connectivity index (χ3v) is 6.09. The summed E-state index contributed by atoms with van der Waals surface area (Å²) in [6.45, 7) is 2.67.